The minimum Gasteiger partial charge on any atom is -0.337 e. The highest BCUT2D eigenvalue weighted by Crippen LogP contribution is 2.20. The van der Waals surface area contributed by atoms with E-state index in [1.807, 2.05) is 53.6 Å². The molecule has 164 valence electrons. The summed E-state index contributed by atoms with van der Waals surface area (Å²) in [6.07, 6.45) is 6.96. The lowest BCUT2D eigenvalue weighted by Gasteiger charge is -2.33. The number of carbonyl (C=O) groups excluding carboxylic acids is 2. The summed E-state index contributed by atoms with van der Waals surface area (Å²) in [5.74, 6) is -0.161. The Hall–Kier alpha value is -3.42. The number of anilines is 1. The number of para-hydroxylation sites is 2. The zero-order valence-corrected chi connectivity index (χ0v) is 18.3. The molecule has 3 aromatic rings. The molecule has 0 atom stereocenters. The Morgan fingerprint density at radius 3 is 2.47 bits per heavy atom. The fourth-order valence-electron chi connectivity index (χ4n) is 3.50. The molecule has 8 heteroatoms. The Morgan fingerprint density at radius 1 is 1.00 bits per heavy atom. The lowest BCUT2D eigenvalue weighted by Crippen LogP contribution is -2.50. The predicted molar refractivity (Wildman–Crippen MR) is 126 cm³/mol. The first-order valence-corrected chi connectivity index (χ1v) is 10.8. The summed E-state index contributed by atoms with van der Waals surface area (Å²) in [6, 6.07) is 17.0. The lowest BCUT2D eigenvalue weighted by molar-refractivity contribution is -0.127. The van der Waals surface area contributed by atoms with Gasteiger partial charge in [-0.3, -0.25) is 14.5 Å². The molecule has 1 aliphatic heterocycles. The highest BCUT2D eigenvalue weighted by molar-refractivity contribution is 6.33. The highest BCUT2D eigenvalue weighted by Gasteiger charge is 2.21. The molecule has 1 fully saturated rings. The van der Waals surface area contributed by atoms with Crippen LogP contribution in [0.5, 0.6) is 0 Å². The number of carbonyl (C=O) groups is 2. The van der Waals surface area contributed by atoms with E-state index < -0.39 is 0 Å². The summed E-state index contributed by atoms with van der Waals surface area (Å²) in [6.45, 7) is 2.70. The van der Waals surface area contributed by atoms with E-state index in [2.05, 4.69) is 10.4 Å². The Morgan fingerprint density at radius 2 is 1.72 bits per heavy atom. The molecule has 1 saturated heterocycles. The van der Waals surface area contributed by atoms with E-state index in [0.29, 0.717) is 36.9 Å². The standard InChI is InChI=1S/C24H24ClN5O2/c25-21-8-4-5-9-22(21)27-23(31)18-28-12-14-29(15-13-28)24(32)11-10-19-16-26-30(17-19)20-6-2-1-3-7-20/h1-11,16-17H,12-15,18H2,(H,27,31)/b11-10+. The number of hydrogen-bond acceptors (Lipinski definition) is 4. The normalized spacial score (nSPS) is 14.6. The van der Waals surface area contributed by atoms with Gasteiger partial charge in [0.1, 0.15) is 0 Å². The monoisotopic (exact) mass is 449 g/mol. The first-order valence-electron chi connectivity index (χ1n) is 10.4. The largest absolute Gasteiger partial charge is 0.337 e. The van der Waals surface area contributed by atoms with Crippen molar-refractivity contribution in [2.45, 2.75) is 0 Å². The van der Waals surface area contributed by atoms with Crippen LogP contribution in [0, 0.1) is 0 Å². The summed E-state index contributed by atoms with van der Waals surface area (Å²) in [7, 11) is 0. The van der Waals surface area contributed by atoms with Crippen molar-refractivity contribution in [3.8, 4) is 5.69 Å². The van der Waals surface area contributed by atoms with Gasteiger partial charge in [0, 0.05) is 44.0 Å². The van der Waals surface area contributed by atoms with Gasteiger partial charge in [-0.1, -0.05) is 41.9 Å². The first kappa shape index (κ1) is 21.8. The molecule has 0 bridgehead atoms. The molecule has 0 unspecified atom stereocenters. The van der Waals surface area contributed by atoms with Crippen LogP contribution < -0.4 is 5.32 Å². The number of amides is 2. The van der Waals surface area contributed by atoms with Crippen molar-refractivity contribution < 1.29 is 9.59 Å². The van der Waals surface area contributed by atoms with E-state index in [4.69, 9.17) is 11.6 Å². The highest BCUT2D eigenvalue weighted by atomic mass is 35.5. The zero-order chi connectivity index (χ0) is 22.3. The third kappa shape index (κ3) is 5.63. The van der Waals surface area contributed by atoms with E-state index in [-0.39, 0.29) is 18.4 Å². The van der Waals surface area contributed by atoms with Crippen molar-refractivity contribution in [3.63, 3.8) is 0 Å². The number of piperazine rings is 1. The number of hydrogen-bond donors (Lipinski definition) is 1. The molecule has 1 aliphatic rings. The minimum absolute atomic E-state index is 0.0439. The maximum absolute atomic E-state index is 12.6. The first-order chi connectivity index (χ1) is 15.6. The topological polar surface area (TPSA) is 70.5 Å². The van der Waals surface area contributed by atoms with Gasteiger partial charge in [0.25, 0.3) is 0 Å². The van der Waals surface area contributed by atoms with E-state index in [0.717, 1.165) is 11.3 Å². The Kier molecular flexibility index (Phi) is 6.99. The van der Waals surface area contributed by atoms with Gasteiger partial charge in [-0.05, 0) is 30.3 Å². The molecule has 2 heterocycles. The van der Waals surface area contributed by atoms with Gasteiger partial charge >= 0.3 is 0 Å². The van der Waals surface area contributed by atoms with Crippen molar-refractivity contribution in [1.29, 1.82) is 0 Å². The van der Waals surface area contributed by atoms with Crippen molar-refractivity contribution >= 4 is 35.2 Å². The third-order valence-corrected chi connectivity index (χ3v) is 5.57. The fraction of sp³-hybridized carbons (Fsp3) is 0.208. The summed E-state index contributed by atoms with van der Waals surface area (Å²) in [4.78, 5) is 28.7. The Bertz CT molecular complexity index is 1100. The molecule has 32 heavy (non-hydrogen) atoms. The molecule has 1 N–H and O–H groups in total. The number of aromatic nitrogens is 2. The minimum atomic E-state index is -0.117. The van der Waals surface area contributed by atoms with Crippen LogP contribution in [0.4, 0.5) is 5.69 Å². The van der Waals surface area contributed by atoms with Crippen LogP contribution in [0.3, 0.4) is 0 Å². The van der Waals surface area contributed by atoms with Crippen LogP contribution >= 0.6 is 11.6 Å². The maximum atomic E-state index is 12.6. The van der Waals surface area contributed by atoms with Crippen molar-refractivity contribution in [2.24, 2.45) is 0 Å². The number of nitrogens with zero attached hydrogens (tertiary/aromatic N) is 4. The number of benzene rings is 2. The average molecular weight is 450 g/mol. The van der Waals surface area contributed by atoms with Crippen molar-refractivity contribution in [3.05, 3.63) is 83.7 Å². The number of rotatable bonds is 6. The van der Waals surface area contributed by atoms with E-state index in [1.165, 1.54) is 0 Å². The smallest absolute Gasteiger partial charge is 0.246 e. The van der Waals surface area contributed by atoms with E-state index in [9.17, 15) is 9.59 Å². The van der Waals surface area contributed by atoms with E-state index >= 15 is 0 Å². The molecule has 7 nitrogen and oxygen atoms in total. The Labute approximate surface area is 191 Å². The van der Waals surface area contributed by atoms with Gasteiger partial charge < -0.3 is 10.2 Å². The molecular weight excluding hydrogens is 426 g/mol. The molecule has 0 radical (unpaired) electrons. The SMILES string of the molecule is O=C(CN1CCN(C(=O)/C=C/c2cnn(-c3ccccc3)c2)CC1)Nc1ccccc1Cl. The van der Waals surface area contributed by atoms with Gasteiger partial charge in [0.2, 0.25) is 11.8 Å². The molecule has 0 saturated carbocycles. The van der Waals surface area contributed by atoms with Crippen LogP contribution in [0.1, 0.15) is 5.56 Å². The van der Waals surface area contributed by atoms with Crippen LogP contribution in [0.15, 0.2) is 73.1 Å². The van der Waals surface area contributed by atoms with Gasteiger partial charge in [0.05, 0.1) is 29.1 Å². The number of halogens is 1. The molecule has 2 aromatic carbocycles. The van der Waals surface area contributed by atoms with E-state index in [1.54, 1.807) is 40.1 Å². The van der Waals surface area contributed by atoms with Gasteiger partial charge in [-0.2, -0.15) is 5.10 Å². The summed E-state index contributed by atoms with van der Waals surface area (Å²) < 4.78 is 1.77. The zero-order valence-electron chi connectivity index (χ0n) is 17.5. The van der Waals surface area contributed by atoms with Gasteiger partial charge in [-0.15, -0.1) is 0 Å². The summed E-state index contributed by atoms with van der Waals surface area (Å²) >= 11 is 6.09. The molecule has 0 aliphatic carbocycles. The molecule has 2 amide bonds. The Balaban J connectivity index is 1.24. The molecular formula is C24H24ClN5O2. The van der Waals surface area contributed by atoms with Crippen LogP contribution in [0.2, 0.25) is 5.02 Å². The van der Waals surface area contributed by atoms with Crippen LogP contribution in [-0.4, -0.2) is 64.1 Å². The van der Waals surface area contributed by atoms with Gasteiger partial charge in [-0.25, -0.2) is 4.68 Å². The summed E-state index contributed by atoms with van der Waals surface area (Å²) in [5.41, 5.74) is 2.43. The maximum Gasteiger partial charge on any atom is 0.246 e. The van der Waals surface area contributed by atoms with Crippen molar-refractivity contribution in [1.82, 2.24) is 19.6 Å². The van der Waals surface area contributed by atoms with Crippen molar-refractivity contribution in [2.75, 3.05) is 38.0 Å². The second-order valence-electron chi connectivity index (χ2n) is 7.52. The van der Waals surface area contributed by atoms with Crippen LogP contribution in [0.25, 0.3) is 11.8 Å². The molecule has 1 aromatic heterocycles. The van der Waals surface area contributed by atoms with Gasteiger partial charge in [0.15, 0.2) is 0 Å². The molecule has 0 spiro atoms. The average Bonchev–Trinajstić information content (AvgIpc) is 3.29. The predicted octanol–water partition coefficient (Wildman–Crippen LogP) is 3.32. The quantitative estimate of drug-likeness (QED) is 0.586. The molecule has 4 rings (SSSR count). The van der Waals surface area contributed by atoms with Crippen LogP contribution in [-0.2, 0) is 9.59 Å². The fourth-order valence-corrected chi connectivity index (χ4v) is 3.68. The second-order valence-corrected chi connectivity index (χ2v) is 7.92. The summed E-state index contributed by atoms with van der Waals surface area (Å²) in [5, 5.41) is 7.68. The third-order valence-electron chi connectivity index (χ3n) is 5.24. The second kappa shape index (κ2) is 10.3. The lowest BCUT2D eigenvalue weighted by atomic mass is 10.2. The number of nitrogens with one attached hydrogen (secondary N) is 1.